The highest BCUT2D eigenvalue weighted by Gasteiger charge is 2.22. The van der Waals surface area contributed by atoms with Crippen molar-refractivity contribution in [2.45, 2.75) is 70.4 Å². The first-order chi connectivity index (χ1) is 12.2. The summed E-state index contributed by atoms with van der Waals surface area (Å²) < 4.78 is 5.72. The number of carbonyl (C=O) groups is 1. The highest BCUT2D eigenvalue weighted by molar-refractivity contribution is 7.98. The van der Waals surface area contributed by atoms with Gasteiger partial charge in [0.25, 0.3) is 5.22 Å². The summed E-state index contributed by atoms with van der Waals surface area (Å²) in [6.07, 6.45) is 1.54. The number of nitrogens with zero attached hydrogens (tertiary/aromatic N) is 3. The Kier molecular flexibility index (Phi) is 5.42. The van der Waals surface area contributed by atoms with Crippen LogP contribution >= 0.6 is 11.8 Å². The van der Waals surface area contributed by atoms with Crippen LogP contribution in [0.1, 0.15) is 61.8 Å². The molecule has 1 aromatic carbocycles. The second-order valence-corrected chi connectivity index (χ2v) is 8.93. The van der Waals surface area contributed by atoms with Gasteiger partial charge >= 0.3 is 0 Å². The quantitative estimate of drug-likeness (QED) is 0.727. The predicted octanol–water partition coefficient (Wildman–Crippen LogP) is 4.40. The Morgan fingerprint density at radius 2 is 1.88 bits per heavy atom. The molecule has 0 unspecified atom stereocenters. The molecule has 0 N–H and O–H groups in total. The Hall–Kier alpha value is -1.82. The first kappa shape index (κ1) is 19.0. The average Bonchev–Trinajstić information content (AvgIpc) is 3.15. The topological polar surface area (TPSA) is 59.2 Å². The molecule has 6 heteroatoms. The lowest BCUT2D eigenvalue weighted by atomic mass is 9.84. The molecular weight excluding hydrogens is 346 g/mol. The van der Waals surface area contributed by atoms with Crippen LogP contribution in [0.25, 0.3) is 0 Å². The molecule has 1 saturated heterocycles. The summed E-state index contributed by atoms with van der Waals surface area (Å²) in [5.74, 6) is 1.48. The number of thioether (sulfide) groups is 1. The van der Waals surface area contributed by atoms with Gasteiger partial charge in [-0.3, -0.25) is 4.79 Å². The Balaban J connectivity index is 1.65. The third-order valence-corrected chi connectivity index (χ3v) is 5.69. The van der Waals surface area contributed by atoms with E-state index in [4.69, 9.17) is 4.42 Å². The van der Waals surface area contributed by atoms with Crippen LogP contribution in [-0.2, 0) is 22.5 Å². The van der Waals surface area contributed by atoms with Gasteiger partial charge < -0.3 is 9.32 Å². The largest absolute Gasteiger partial charge is 0.414 e. The van der Waals surface area contributed by atoms with Gasteiger partial charge in [0.1, 0.15) is 0 Å². The molecule has 2 heterocycles. The third-order valence-electron chi connectivity index (χ3n) is 4.85. The van der Waals surface area contributed by atoms with E-state index in [-0.39, 0.29) is 11.3 Å². The summed E-state index contributed by atoms with van der Waals surface area (Å²) in [5, 5.41) is 8.77. The van der Waals surface area contributed by atoms with E-state index in [0.717, 1.165) is 18.7 Å². The summed E-state index contributed by atoms with van der Waals surface area (Å²) in [6, 6.07) is 4.56. The minimum absolute atomic E-state index is 0.148. The van der Waals surface area contributed by atoms with Crippen molar-refractivity contribution < 1.29 is 9.21 Å². The van der Waals surface area contributed by atoms with Crippen molar-refractivity contribution in [3.05, 3.63) is 40.3 Å². The minimum atomic E-state index is 0.148. The van der Waals surface area contributed by atoms with E-state index >= 15 is 0 Å². The van der Waals surface area contributed by atoms with Crippen molar-refractivity contribution >= 4 is 17.7 Å². The van der Waals surface area contributed by atoms with Crippen LogP contribution in [-0.4, -0.2) is 27.5 Å². The summed E-state index contributed by atoms with van der Waals surface area (Å²) >= 11 is 1.55. The molecule has 0 aliphatic carbocycles. The number of amides is 1. The number of benzene rings is 1. The number of hydrogen-bond donors (Lipinski definition) is 0. The van der Waals surface area contributed by atoms with E-state index in [1.54, 1.807) is 16.7 Å². The van der Waals surface area contributed by atoms with Crippen LogP contribution in [0.4, 0.5) is 0 Å². The Bertz CT molecular complexity index is 785. The lowest BCUT2D eigenvalue weighted by molar-refractivity contribution is -0.128. The van der Waals surface area contributed by atoms with Gasteiger partial charge in [0.05, 0.1) is 6.54 Å². The zero-order valence-electron chi connectivity index (χ0n) is 16.3. The fourth-order valence-corrected chi connectivity index (χ4v) is 4.16. The van der Waals surface area contributed by atoms with Crippen LogP contribution in [0.2, 0.25) is 0 Å². The number of aryl methyl sites for hydroxylation is 2. The molecule has 26 heavy (non-hydrogen) atoms. The van der Waals surface area contributed by atoms with Crippen molar-refractivity contribution in [3.63, 3.8) is 0 Å². The Labute approximate surface area is 159 Å². The Morgan fingerprint density at radius 3 is 2.46 bits per heavy atom. The van der Waals surface area contributed by atoms with Gasteiger partial charge in [-0.1, -0.05) is 44.7 Å². The lowest BCUT2D eigenvalue weighted by Gasteiger charge is -2.22. The SMILES string of the molecule is Cc1cc(C(C)(C)C)cc(C)c1CSc1nnc(CN2CCCC2=O)o1. The van der Waals surface area contributed by atoms with Gasteiger partial charge in [0, 0.05) is 18.7 Å². The normalized spacial score (nSPS) is 15.1. The zero-order valence-corrected chi connectivity index (χ0v) is 17.1. The summed E-state index contributed by atoms with van der Waals surface area (Å²) in [5.41, 5.74) is 5.42. The molecule has 0 radical (unpaired) electrons. The molecule has 0 atom stereocenters. The molecule has 5 nitrogen and oxygen atoms in total. The molecular formula is C20H27N3O2S. The molecule has 1 aliphatic rings. The lowest BCUT2D eigenvalue weighted by Crippen LogP contribution is -2.23. The highest BCUT2D eigenvalue weighted by atomic mass is 32.2. The molecule has 1 aromatic heterocycles. The van der Waals surface area contributed by atoms with E-state index in [1.807, 2.05) is 0 Å². The standard InChI is InChI=1S/C20H27N3O2S/c1-13-9-15(20(3,4)5)10-14(2)16(13)12-26-19-22-21-17(25-19)11-23-8-6-7-18(23)24/h9-10H,6-8,11-12H2,1-5H3. The first-order valence-electron chi connectivity index (χ1n) is 9.07. The van der Waals surface area contributed by atoms with Crippen LogP contribution < -0.4 is 0 Å². The predicted molar refractivity (Wildman–Crippen MR) is 103 cm³/mol. The molecule has 0 spiro atoms. The van der Waals surface area contributed by atoms with Gasteiger partial charge in [-0.25, -0.2) is 0 Å². The summed E-state index contributed by atoms with van der Waals surface area (Å²) in [4.78, 5) is 13.5. The van der Waals surface area contributed by atoms with Gasteiger partial charge in [-0.15, -0.1) is 10.2 Å². The molecule has 140 valence electrons. The second kappa shape index (κ2) is 7.43. The maximum atomic E-state index is 11.7. The monoisotopic (exact) mass is 373 g/mol. The van der Waals surface area contributed by atoms with Crippen LogP contribution in [0, 0.1) is 13.8 Å². The molecule has 1 amide bonds. The highest BCUT2D eigenvalue weighted by Crippen LogP contribution is 2.30. The fourth-order valence-electron chi connectivity index (χ4n) is 3.18. The van der Waals surface area contributed by atoms with Crippen LogP contribution in [0.15, 0.2) is 21.8 Å². The molecule has 0 bridgehead atoms. The van der Waals surface area contributed by atoms with Crippen LogP contribution in [0.3, 0.4) is 0 Å². The maximum absolute atomic E-state index is 11.7. The van der Waals surface area contributed by atoms with Crippen molar-refractivity contribution in [1.82, 2.24) is 15.1 Å². The van der Waals surface area contributed by atoms with Crippen molar-refractivity contribution in [1.29, 1.82) is 0 Å². The molecule has 3 rings (SSSR count). The average molecular weight is 374 g/mol. The van der Waals surface area contributed by atoms with E-state index < -0.39 is 0 Å². The van der Waals surface area contributed by atoms with Gasteiger partial charge in [0.15, 0.2) is 0 Å². The van der Waals surface area contributed by atoms with E-state index in [9.17, 15) is 4.79 Å². The number of likely N-dealkylation sites (tertiary alicyclic amines) is 1. The van der Waals surface area contributed by atoms with Gasteiger partial charge in [-0.2, -0.15) is 0 Å². The van der Waals surface area contributed by atoms with E-state index in [2.05, 4.69) is 56.9 Å². The fraction of sp³-hybridized carbons (Fsp3) is 0.550. The Morgan fingerprint density at radius 1 is 1.19 bits per heavy atom. The minimum Gasteiger partial charge on any atom is -0.414 e. The number of hydrogen-bond acceptors (Lipinski definition) is 5. The van der Waals surface area contributed by atoms with Crippen molar-refractivity contribution in [3.8, 4) is 0 Å². The van der Waals surface area contributed by atoms with Crippen molar-refractivity contribution in [2.24, 2.45) is 0 Å². The zero-order chi connectivity index (χ0) is 18.9. The number of rotatable bonds is 5. The van der Waals surface area contributed by atoms with Gasteiger partial charge in [-0.05, 0) is 47.9 Å². The van der Waals surface area contributed by atoms with Crippen molar-refractivity contribution in [2.75, 3.05) is 6.54 Å². The smallest absolute Gasteiger partial charge is 0.276 e. The molecule has 0 saturated carbocycles. The summed E-state index contributed by atoms with van der Waals surface area (Å²) in [6.45, 7) is 12.2. The van der Waals surface area contributed by atoms with E-state index in [1.165, 1.54) is 22.3 Å². The molecule has 1 fully saturated rings. The first-order valence-corrected chi connectivity index (χ1v) is 10.1. The second-order valence-electron chi connectivity index (χ2n) is 8.01. The van der Waals surface area contributed by atoms with E-state index in [0.29, 0.717) is 24.1 Å². The van der Waals surface area contributed by atoms with Crippen LogP contribution in [0.5, 0.6) is 0 Å². The number of carbonyl (C=O) groups excluding carboxylic acids is 1. The summed E-state index contributed by atoms with van der Waals surface area (Å²) in [7, 11) is 0. The van der Waals surface area contributed by atoms with Gasteiger partial charge in [0.2, 0.25) is 11.8 Å². The third kappa shape index (κ3) is 4.29. The molecule has 2 aromatic rings. The number of aromatic nitrogens is 2. The maximum Gasteiger partial charge on any atom is 0.276 e. The molecule has 1 aliphatic heterocycles.